The van der Waals surface area contributed by atoms with Crippen molar-refractivity contribution in [1.29, 1.82) is 0 Å². The molecule has 0 fully saturated rings. The molecular formula is C23H26ClN3O8S. The summed E-state index contributed by atoms with van der Waals surface area (Å²) in [5, 5.41) is 21.2. The Hall–Kier alpha value is -3.48. The van der Waals surface area contributed by atoms with Gasteiger partial charge in [0, 0.05) is 11.4 Å². The molecule has 6 N–H and O–H groups in total. The molecule has 0 heterocycles. The summed E-state index contributed by atoms with van der Waals surface area (Å²) in [4.78, 5) is 48.4. The van der Waals surface area contributed by atoms with E-state index in [-0.39, 0.29) is 17.3 Å². The summed E-state index contributed by atoms with van der Waals surface area (Å²) in [5.41, 5.74) is 5.90. The molecule has 0 bridgehead atoms. The standard InChI is InChI=1S/C23H26ClN3O8S/c24-16-8-6-14(7-9-16)12-36(34,35)13-18(26-19(28)11-10-17(25)22(30)31)21(29)27-20(23(32)33)15-4-2-1-3-5-15/h1-9,17-18,20H,10-13,25H2,(H,26,28)(H,27,29)(H,30,31)(H,32,33)/t17-,18-,20?/m0/s1/i/hD. The van der Waals surface area contributed by atoms with Gasteiger partial charge in [-0.3, -0.25) is 14.4 Å². The molecule has 0 aliphatic carbocycles. The molecule has 2 aromatic carbocycles. The van der Waals surface area contributed by atoms with Crippen LogP contribution in [0.25, 0.3) is 0 Å². The predicted octanol–water partition coefficient (Wildman–Crippen LogP) is 0.874. The van der Waals surface area contributed by atoms with E-state index in [1.54, 1.807) is 6.07 Å². The molecule has 194 valence electrons. The maximum Gasteiger partial charge on any atom is 0.330 e. The fraction of sp³-hybridized carbons (Fsp3) is 0.304. The normalized spacial score (nSPS) is 14.1. The van der Waals surface area contributed by atoms with Crippen molar-refractivity contribution in [1.82, 2.24) is 10.6 Å². The van der Waals surface area contributed by atoms with Crippen LogP contribution in [0.4, 0.5) is 0 Å². The number of halogens is 1. The summed E-state index contributed by atoms with van der Waals surface area (Å²) in [6.45, 7) is 0. The van der Waals surface area contributed by atoms with Crippen LogP contribution in [-0.2, 0) is 34.8 Å². The first kappa shape index (κ1) is 27.1. The molecule has 2 rings (SSSR count). The fourth-order valence-corrected chi connectivity index (χ4v) is 4.77. The van der Waals surface area contributed by atoms with Crippen molar-refractivity contribution in [2.24, 2.45) is 5.73 Å². The number of carboxylic acids is 2. The summed E-state index contributed by atoms with van der Waals surface area (Å²) in [6.07, 6.45) is -0.920. The molecule has 0 spiro atoms. The van der Waals surface area contributed by atoms with Crippen molar-refractivity contribution in [2.45, 2.75) is 36.7 Å². The number of rotatable bonds is 13. The average Bonchev–Trinajstić information content (AvgIpc) is 2.85. The van der Waals surface area contributed by atoms with Gasteiger partial charge in [0.05, 0.1) is 11.5 Å². The lowest BCUT2D eigenvalue weighted by molar-refractivity contribution is -0.142. The van der Waals surface area contributed by atoms with E-state index in [9.17, 15) is 32.7 Å². The molecule has 2 amide bonds. The van der Waals surface area contributed by atoms with Gasteiger partial charge in [0.15, 0.2) is 17.3 Å². The van der Waals surface area contributed by atoms with E-state index in [0.29, 0.717) is 10.6 Å². The van der Waals surface area contributed by atoms with Crippen LogP contribution in [0.15, 0.2) is 54.6 Å². The van der Waals surface area contributed by atoms with E-state index in [1.807, 2.05) is 0 Å². The summed E-state index contributed by atoms with van der Waals surface area (Å²) in [6, 6.07) is 8.51. The smallest absolute Gasteiger partial charge is 0.330 e. The van der Waals surface area contributed by atoms with Crippen LogP contribution in [0.3, 0.4) is 0 Å². The third-order valence-corrected chi connectivity index (χ3v) is 6.82. The van der Waals surface area contributed by atoms with Gasteiger partial charge >= 0.3 is 11.9 Å². The van der Waals surface area contributed by atoms with Crippen molar-refractivity contribution in [3.05, 3.63) is 70.7 Å². The first-order chi connectivity index (χ1) is 17.3. The monoisotopic (exact) mass is 540 g/mol. The van der Waals surface area contributed by atoms with Crippen LogP contribution in [0.1, 0.15) is 30.0 Å². The quantitative estimate of drug-likeness (QED) is 0.245. The highest BCUT2D eigenvalue weighted by molar-refractivity contribution is 7.90. The molecule has 0 saturated carbocycles. The lowest BCUT2D eigenvalue weighted by Gasteiger charge is -2.22. The highest BCUT2D eigenvalue weighted by Crippen LogP contribution is 2.15. The largest absolute Gasteiger partial charge is 0.480 e. The van der Waals surface area contributed by atoms with Gasteiger partial charge < -0.3 is 26.6 Å². The second-order valence-corrected chi connectivity index (χ2v) is 10.4. The summed E-state index contributed by atoms with van der Waals surface area (Å²) in [5.74, 6) is -6.62. The van der Waals surface area contributed by atoms with Gasteiger partial charge in [-0.2, -0.15) is 0 Å². The van der Waals surface area contributed by atoms with Crippen LogP contribution in [0.2, 0.25) is 6.43 Å². The van der Waals surface area contributed by atoms with Gasteiger partial charge in [-0.1, -0.05) is 54.1 Å². The Labute approximate surface area is 214 Å². The molecule has 13 heteroatoms. The van der Waals surface area contributed by atoms with Gasteiger partial charge in [0.25, 0.3) is 0 Å². The molecule has 0 saturated heterocycles. The van der Waals surface area contributed by atoms with Crippen LogP contribution in [0, 0.1) is 0 Å². The van der Waals surface area contributed by atoms with Crippen molar-refractivity contribution in [2.75, 3.05) is 5.75 Å². The molecule has 0 radical (unpaired) electrons. The Kier molecular flexibility index (Phi) is 9.79. The van der Waals surface area contributed by atoms with E-state index in [2.05, 4.69) is 5.32 Å². The van der Waals surface area contributed by atoms with Gasteiger partial charge in [-0.15, -0.1) is 0 Å². The molecule has 0 aliphatic rings. The van der Waals surface area contributed by atoms with Crippen molar-refractivity contribution in [3.8, 4) is 0 Å². The summed E-state index contributed by atoms with van der Waals surface area (Å²) < 4.78 is 34.0. The number of carboxylic acid groups (broad SMARTS) is 2. The number of nitrogens with one attached hydrogen (secondary N) is 2. The SMILES string of the molecule is [2H]N(C(=O)CC[C@H](N)C(=O)O)[C@@H](CS(=O)(=O)Cc1ccc(Cl)cc1)C(=O)NC(C(=O)O)c1ccccc1. The molecular weight excluding hydrogens is 514 g/mol. The molecule has 0 aromatic heterocycles. The second-order valence-electron chi connectivity index (χ2n) is 7.89. The van der Waals surface area contributed by atoms with Gasteiger partial charge in [0.2, 0.25) is 11.8 Å². The highest BCUT2D eigenvalue weighted by atomic mass is 35.5. The van der Waals surface area contributed by atoms with Gasteiger partial charge in [0.1, 0.15) is 12.1 Å². The third-order valence-electron chi connectivity index (χ3n) is 4.97. The summed E-state index contributed by atoms with van der Waals surface area (Å²) in [7, 11) is -4.12. The van der Waals surface area contributed by atoms with E-state index < -0.39 is 69.6 Å². The Morgan fingerprint density at radius 2 is 1.61 bits per heavy atom. The Balaban J connectivity index is 2.31. The van der Waals surface area contributed by atoms with Gasteiger partial charge in [-0.05, 0) is 29.7 Å². The van der Waals surface area contributed by atoms with Crippen molar-refractivity contribution < 1.29 is 39.2 Å². The lowest BCUT2D eigenvalue weighted by atomic mass is 10.1. The van der Waals surface area contributed by atoms with E-state index >= 15 is 0 Å². The molecule has 2 aromatic rings. The first-order valence-electron chi connectivity index (χ1n) is 11.1. The zero-order valence-corrected chi connectivity index (χ0v) is 20.5. The average molecular weight is 541 g/mol. The van der Waals surface area contributed by atoms with Crippen LogP contribution >= 0.6 is 11.6 Å². The number of hydrogen-bond donors (Lipinski definition) is 5. The van der Waals surface area contributed by atoms with Crippen LogP contribution in [0.5, 0.6) is 0 Å². The molecule has 3 atom stereocenters. The number of benzene rings is 2. The van der Waals surface area contributed by atoms with Crippen molar-refractivity contribution in [3.63, 3.8) is 0 Å². The minimum Gasteiger partial charge on any atom is -0.480 e. The number of nitrogens with two attached hydrogens (primary N) is 1. The van der Waals surface area contributed by atoms with E-state index in [0.717, 1.165) is 0 Å². The maximum absolute atomic E-state index is 13.1. The third kappa shape index (κ3) is 9.29. The minimum atomic E-state index is -4.12. The number of hydrogen-bond acceptors (Lipinski definition) is 7. The molecule has 36 heavy (non-hydrogen) atoms. The van der Waals surface area contributed by atoms with Crippen LogP contribution in [-0.4, -0.2) is 60.2 Å². The Morgan fingerprint density at radius 3 is 2.17 bits per heavy atom. The fourth-order valence-electron chi connectivity index (χ4n) is 3.12. The topological polar surface area (TPSA) is 193 Å². The van der Waals surface area contributed by atoms with Crippen LogP contribution < -0.4 is 16.4 Å². The highest BCUT2D eigenvalue weighted by Gasteiger charge is 2.31. The first-order valence-corrected chi connectivity index (χ1v) is 12.8. The second kappa shape index (κ2) is 13.0. The Morgan fingerprint density at radius 1 is 1.00 bits per heavy atom. The minimum absolute atomic E-state index is 0.118. The summed E-state index contributed by atoms with van der Waals surface area (Å²) >= 11 is 5.82. The molecule has 11 nitrogen and oxygen atoms in total. The predicted molar refractivity (Wildman–Crippen MR) is 131 cm³/mol. The molecule has 0 aliphatic heterocycles. The molecule has 1 unspecified atom stereocenters. The lowest BCUT2D eigenvalue weighted by Crippen LogP contribution is -2.52. The Bertz CT molecular complexity index is 1230. The zero-order chi connectivity index (χ0) is 27.8. The number of sulfone groups is 1. The van der Waals surface area contributed by atoms with E-state index in [4.69, 9.17) is 23.9 Å². The van der Waals surface area contributed by atoms with E-state index in [1.165, 1.54) is 48.5 Å². The van der Waals surface area contributed by atoms with Crippen molar-refractivity contribution >= 4 is 45.2 Å². The zero-order valence-electron chi connectivity index (χ0n) is 19.9. The number of carbonyl (C=O) groups excluding carboxylic acids is 2. The number of aliphatic carboxylic acids is 2. The number of amides is 2. The number of carbonyl (C=O) groups is 4. The van der Waals surface area contributed by atoms with Gasteiger partial charge in [-0.25, -0.2) is 13.2 Å². The maximum atomic E-state index is 13.1.